The molecule has 0 bridgehead atoms. The van der Waals surface area contributed by atoms with Crippen molar-refractivity contribution in [2.75, 3.05) is 0 Å². The van der Waals surface area contributed by atoms with Crippen LogP contribution in [0.15, 0.2) is 35.2 Å². The fourth-order valence-electron chi connectivity index (χ4n) is 0.592. The first kappa shape index (κ1) is 15.1. The van der Waals surface area contributed by atoms with E-state index in [1.165, 1.54) is 12.1 Å². The van der Waals surface area contributed by atoms with Crippen molar-refractivity contribution in [3.8, 4) is 0 Å². The monoisotopic (exact) mass is 239 g/mol. The first-order valence-electron chi connectivity index (χ1n) is 2.63. The van der Waals surface area contributed by atoms with Crippen LogP contribution in [-0.2, 0) is 26.6 Å². The fraction of sp³-hybridized carbons (Fsp3) is 0. The van der Waals surface area contributed by atoms with Gasteiger partial charge in [-0.15, -0.1) is 0 Å². The van der Waals surface area contributed by atoms with E-state index in [2.05, 4.69) is 0 Å². The van der Waals surface area contributed by atoms with Gasteiger partial charge in [0.15, 0.2) is 0 Å². The summed E-state index contributed by atoms with van der Waals surface area (Å²) in [6.45, 7) is 0. The van der Waals surface area contributed by atoms with Crippen LogP contribution in [0.5, 0.6) is 0 Å². The molecule has 0 amide bonds. The van der Waals surface area contributed by atoms with Gasteiger partial charge in [0.2, 0.25) is 0 Å². The van der Waals surface area contributed by atoms with Gasteiger partial charge in [-0.2, -0.15) is 8.42 Å². The van der Waals surface area contributed by atoms with Crippen molar-refractivity contribution in [3.63, 3.8) is 0 Å². The molecule has 0 aliphatic heterocycles. The number of hydrogen-bond acceptors (Lipinski definition) is 2. The molecule has 12 heavy (non-hydrogen) atoms. The van der Waals surface area contributed by atoms with Crippen molar-refractivity contribution < 1.29 is 29.5 Å². The second-order valence-electron chi connectivity index (χ2n) is 1.79. The minimum Gasteiger partial charge on any atom is -0.282 e. The minimum absolute atomic E-state index is 0. The molecule has 0 aromatic heterocycles. The van der Waals surface area contributed by atoms with E-state index in [9.17, 15) is 8.42 Å². The molecule has 1 aromatic rings. The molecule has 1 aromatic carbocycles. The molecule has 0 atom stereocenters. The van der Waals surface area contributed by atoms with E-state index in [0.29, 0.717) is 0 Å². The maximum Gasteiger partial charge on any atom is 0.294 e. The molecule has 6 heteroatoms. The average Bonchev–Trinajstić information content (AvgIpc) is 1.88. The van der Waals surface area contributed by atoms with Crippen LogP contribution in [0.3, 0.4) is 0 Å². The van der Waals surface area contributed by atoms with Gasteiger partial charge in [-0.1, -0.05) is 18.2 Å². The number of rotatable bonds is 1. The van der Waals surface area contributed by atoms with Gasteiger partial charge >= 0.3 is 0 Å². The van der Waals surface area contributed by atoms with Gasteiger partial charge in [0, 0.05) is 46.0 Å². The van der Waals surface area contributed by atoms with Crippen molar-refractivity contribution in [1.82, 2.24) is 0 Å². The third-order valence-corrected chi connectivity index (χ3v) is 1.91. The van der Waals surface area contributed by atoms with Gasteiger partial charge < -0.3 is 0 Å². The van der Waals surface area contributed by atoms with Crippen molar-refractivity contribution in [1.29, 1.82) is 0 Å². The largest absolute Gasteiger partial charge is 0.294 e. The summed E-state index contributed by atoms with van der Waals surface area (Å²) in [6.07, 6.45) is 0. The van der Waals surface area contributed by atoms with Crippen LogP contribution in [0.2, 0.25) is 0 Å². The molecule has 0 saturated heterocycles. The Labute approximate surface area is 104 Å². The maximum atomic E-state index is 10.4. The van der Waals surface area contributed by atoms with Crippen LogP contribution in [0.25, 0.3) is 0 Å². The van der Waals surface area contributed by atoms with Gasteiger partial charge in [0.1, 0.15) is 0 Å². The molecule has 1 rings (SSSR count). The summed E-state index contributed by atoms with van der Waals surface area (Å²) in [6, 6.07) is 7.42. The first-order valence-corrected chi connectivity index (χ1v) is 4.07. The van der Waals surface area contributed by atoms with E-state index in [-0.39, 0.29) is 50.9 Å². The van der Waals surface area contributed by atoms with Crippen molar-refractivity contribution in [3.05, 3.63) is 30.3 Å². The Kier molecular flexibility index (Phi) is 7.73. The van der Waals surface area contributed by atoms with E-state index in [0.717, 1.165) is 0 Å². The molecule has 1 radical (unpaired) electrons. The Morgan fingerprint density at radius 2 is 1.50 bits per heavy atom. The summed E-state index contributed by atoms with van der Waals surface area (Å²) in [5.41, 5.74) is 0. The predicted molar refractivity (Wildman–Crippen MR) is 42.0 cm³/mol. The van der Waals surface area contributed by atoms with Gasteiger partial charge in [-0.05, 0) is 12.1 Å². The SMILES string of the molecule is O=S(=O)(O)c1ccccc1.[Na].[Ni]. The first-order chi connectivity index (χ1) is 4.61. The van der Waals surface area contributed by atoms with Crippen molar-refractivity contribution >= 4 is 39.7 Å². The zero-order chi connectivity index (χ0) is 7.61. The Morgan fingerprint density at radius 1 is 1.08 bits per heavy atom. The van der Waals surface area contributed by atoms with E-state index in [1.807, 2.05) is 0 Å². The Balaban J connectivity index is 0. The van der Waals surface area contributed by atoms with Gasteiger partial charge in [-0.25, -0.2) is 0 Å². The predicted octanol–water partition coefficient (Wildman–Crippen LogP) is 0.550. The van der Waals surface area contributed by atoms with E-state index in [4.69, 9.17) is 4.55 Å². The maximum absolute atomic E-state index is 10.4. The van der Waals surface area contributed by atoms with E-state index < -0.39 is 10.1 Å². The summed E-state index contributed by atoms with van der Waals surface area (Å²) in [7, 11) is -4.00. The van der Waals surface area contributed by atoms with Gasteiger partial charge in [0.05, 0.1) is 4.90 Å². The zero-order valence-electron chi connectivity index (χ0n) is 6.37. The summed E-state index contributed by atoms with van der Waals surface area (Å²) in [4.78, 5) is -0.0741. The average molecular weight is 240 g/mol. The third-order valence-electron chi connectivity index (χ3n) is 1.04. The van der Waals surface area contributed by atoms with Crippen LogP contribution >= 0.6 is 0 Å². The standard InChI is InChI=1S/C6H6O3S.Na.Ni/c7-10(8,9)6-4-2-1-3-5-6;;/h1-5H,(H,7,8,9);;. The molecule has 0 saturated carbocycles. The van der Waals surface area contributed by atoms with E-state index >= 15 is 0 Å². The minimum atomic E-state index is -4.00. The summed E-state index contributed by atoms with van der Waals surface area (Å²) in [5, 5.41) is 0. The summed E-state index contributed by atoms with van der Waals surface area (Å²) >= 11 is 0. The van der Waals surface area contributed by atoms with E-state index in [1.54, 1.807) is 18.2 Å². The molecule has 0 spiro atoms. The fourth-order valence-corrected chi connectivity index (χ4v) is 1.09. The molecule has 0 aliphatic carbocycles. The Hall–Kier alpha value is 0.624. The zero-order valence-corrected chi connectivity index (χ0v) is 10.2. The van der Waals surface area contributed by atoms with Crippen LogP contribution in [-0.4, -0.2) is 42.5 Å². The second-order valence-corrected chi connectivity index (χ2v) is 3.21. The summed E-state index contributed by atoms with van der Waals surface area (Å²) < 4.78 is 29.2. The molecule has 0 unspecified atom stereocenters. The number of benzene rings is 1. The van der Waals surface area contributed by atoms with Crippen LogP contribution in [0, 0.1) is 0 Å². The third kappa shape index (κ3) is 4.60. The van der Waals surface area contributed by atoms with Crippen molar-refractivity contribution in [2.24, 2.45) is 0 Å². The van der Waals surface area contributed by atoms with Crippen LogP contribution in [0.4, 0.5) is 0 Å². The Morgan fingerprint density at radius 3 is 1.75 bits per heavy atom. The van der Waals surface area contributed by atoms with Crippen LogP contribution < -0.4 is 0 Å². The quantitative estimate of drug-likeness (QED) is 0.575. The molecule has 0 heterocycles. The molecule has 3 nitrogen and oxygen atoms in total. The number of hydrogen-bond donors (Lipinski definition) is 1. The molecule has 0 fully saturated rings. The summed E-state index contributed by atoms with van der Waals surface area (Å²) in [5.74, 6) is 0. The molecule has 0 aliphatic rings. The molecule has 1 N–H and O–H groups in total. The van der Waals surface area contributed by atoms with Gasteiger partial charge in [0.25, 0.3) is 10.1 Å². The smallest absolute Gasteiger partial charge is 0.282 e. The Bertz CT molecular complexity index is 311. The molecule has 65 valence electrons. The van der Waals surface area contributed by atoms with Crippen LogP contribution in [0.1, 0.15) is 0 Å². The topological polar surface area (TPSA) is 54.4 Å². The van der Waals surface area contributed by atoms with Crippen molar-refractivity contribution in [2.45, 2.75) is 4.90 Å². The van der Waals surface area contributed by atoms with Gasteiger partial charge in [-0.3, -0.25) is 4.55 Å². The second kappa shape index (κ2) is 6.13. The normalized spacial score (nSPS) is 9.42. The molecular weight excluding hydrogens is 234 g/mol. The molecular formula is C6H6NaNiO3S.